The van der Waals surface area contributed by atoms with Gasteiger partial charge in [0, 0.05) is 6.54 Å². The van der Waals surface area contributed by atoms with E-state index in [1.807, 2.05) is 18.2 Å². The molecule has 0 radical (unpaired) electrons. The van der Waals surface area contributed by atoms with Crippen molar-refractivity contribution in [2.75, 3.05) is 24.7 Å². The van der Waals surface area contributed by atoms with Gasteiger partial charge in [0.2, 0.25) is 0 Å². The molecular weight excluding hydrogens is 276 g/mol. The number of carboxylic acid groups (broad SMARTS) is 1. The van der Waals surface area contributed by atoms with E-state index in [0.717, 1.165) is 10.7 Å². The van der Waals surface area contributed by atoms with Crippen LogP contribution in [0.4, 0.5) is 5.13 Å². The topological polar surface area (TPSA) is 62.7 Å². The highest BCUT2D eigenvalue weighted by atomic mass is 32.1. The number of nitrogens with zero attached hydrogens (tertiary/aromatic N) is 2. The van der Waals surface area contributed by atoms with Crippen molar-refractivity contribution >= 4 is 22.4 Å². The smallest absolute Gasteiger partial charge is 0.347 e. The molecule has 0 spiro atoms. The van der Waals surface area contributed by atoms with Gasteiger partial charge < -0.3 is 14.7 Å². The number of ether oxygens (including phenoxy) is 1. The van der Waals surface area contributed by atoms with Crippen LogP contribution in [0, 0.1) is 0 Å². The standard InChI is InChI=1S/C14H14N2O3S/c17-13(18)12-8-15-14(20-12)16-6-7-19-9-11(16)10-4-2-1-3-5-10/h1-5,8,11H,6-7,9H2,(H,17,18)/t11-/m1/s1. The molecule has 0 saturated carbocycles. The zero-order valence-electron chi connectivity index (χ0n) is 10.7. The summed E-state index contributed by atoms with van der Waals surface area (Å²) < 4.78 is 5.56. The maximum Gasteiger partial charge on any atom is 0.347 e. The Bertz CT molecular complexity index is 599. The van der Waals surface area contributed by atoms with Gasteiger partial charge in [-0.25, -0.2) is 9.78 Å². The fraction of sp³-hybridized carbons (Fsp3) is 0.286. The van der Waals surface area contributed by atoms with Gasteiger partial charge in [-0.1, -0.05) is 41.7 Å². The Morgan fingerprint density at radius 3 is 2.90 bits per heavy atom. The van der Waals surface area contributed by atoms with E-state index >= 15 is 0 Å². The lowest BCUT2D eigenvalue weighted by Crippen LogP contribution is -2.39. The maximum absolute atomic E-state index is 11.0. The maximum atomic E-state index is 11.0. The molecule has 1 fully saturated rings. The molecule has 1 N–H and O–H groups in total. The largest absolute Gasteiger partial charge is 0.477 e. The molecule has 1 atom stereocenters. The lowest BCUT2D eigenvalue weighted by molar-refractivity contribution is 0.0702. The van der Waals surface area contributed by atoms with Crippen LogP contribution in [0.5, 0.6) is 0 Å². The molecule has 0 aliphatic carbocycles. The van der Waals surface area contributed by atoms with Crippen molar-refractivity contribution in [3.05, 3.63) is 47.0 Å². The van der Waals surface area contributed by atoms with Crippen LogP contribution in [0.1, 0.15) is 21.3 Å². The molecule has 1 aliphatic heterocycles. The monoisotopic (exact) mass is 290 g/mol. The molecule has 0 unspecified atom stereocenters. The molecule has 1 aromatic carbocycles. The molecule has 1 saturated heterocycles. The van der Waals surface area contributed by atoms with Gasteiger partial charge in [-0.2, -0.15) is 0 Å². The van der Waals surface area contributed by atoms with Crippen LogP contribution >= 0.6 is 11.3 Å². The fourth-order valence-electron chi connectivity index (χ4n) is 2.28. The minimum atomic E-state index is -0.932. The van der Waals surface area contributed by atoms with Gasteiger partial charge in [0.05, 0.1) is 25.5 Å². The molecule has 0 bridgehead atoms. The average molecular weight is 290 g/mol. The Balaban J connectivity index is 1.90. The van der Waals surface area contributed by atoms with E-state index in [9.17, 15) is 4.79 Å². The molecule has 5 nitrogen and oxygen atoms in total. The van der Waals surface area contributed by atoms with E-state index in [1.54, 1.807) is 0 Å². The summed E-state index contributed by atoms with van der Waals surface area (Å²) in [5.74, 6) is -0.932. The van der Waals surface area contributed by atoms with Crippen LogP contribution in [0.15, 0.2) is 36.5 Å². The number of carboxylic acids is 1. The molecule has 20 heavy (non-hydrogen) atoms. The number of benzene rings is 1. The van der Waals surface area contributed by atoms with Crippen molar-refractivity contribution in [2.24, 2.45) is 0 Å². The third-order valence-electron chi connectivity index (χ3n) is 3.26. The minimum Gasteiger partial charge on any atom is -0.477 e. The van der Waals surface area contributed by atoms with Gasteiger partial charge in [-0.05, 0) is 5.56 Å². The van der Waals surface area contributed by atoms with Gasteiger partial charge in [-0.15, -0.1) is 0 Å². The van der Waals surface area contributed by atoms with Gasteiger partial charge >= 0.3 is 5.97 Å². The highest BCUT2D eigenvalue weighted by Gasteiger charge is 2.27. The van der Waals surface area contributed by atoms with Crippen LogP contribution in [0.25, 0.3) is 0 Å². The van der Waals surface area contributed by atoms with Gasteiger partial charge in [0.15, 0.2) is 5.13 Å². The molecular formula is C14H14N2O3S. The number of thiazole rings is 1. The highest BCUT2D eigenvalue weighted by Crippen LogP contribution is 2.32. The predicted octanol–water partition coefficient (Wildman–Crippen LogP) is 2.42. The summed E-state index contributed by atoms with van der Waals surface area (Å²) in [6.45, 7) is 1.93. The number of aromatic carboxylic acids is 1. The van der Waals surface area contributed by atoms with E-state index in [1.165, 1.54) is 17.5 Å². The van der Waals surface area contributed by atoms with Crippen LogP contribution < -0.4 is 4.90 Å². The average Bonchev–Trinajstić information content (AvgIpc) is 2.98. The van der Waals surface area contributed by atoms with E-state index in [-0.39, 0.29) is 10.9 Å². The normalized spacial score (nSPS) is 19.0. The van der Waals surface area contributed by atoms with Gasteiger partial charge in [0.1, 0.15) is 4.88 Å². The number of carbonyl (C=O) groups is 1. The number of hydrogen-bond donors (Lipinski definition) is 1. The Morgan fingerprint density at radius 2 is 2.20 bits per heavy atom. The van der Waals surface area contributed by atoms with E-state index in [2.05, 4.69) is 22.0 Å². The summed E-state index contributed by atoms with van der Waals surface area (Å²) in [6, 6.07) is 10.1. The summed E-state index contributed by atoms with van der Waals surface area (Å²) in [5.41, 5.74) is 1.15. The zero-order valence-corrected chi connectivity index (χ0v) is 11.5. The summed E-state index contributed by atoms with van der Waals surface area (Å²) in [6.07, 6.45) is 1.42. The van der Waals surface area contributed by atoms with Crippen molar-refractivity contribution in [3.8, 4) is 0 Å². The lowest BCUT2D eigenvalue weighted by Gasteiger charge is -2.35. The number of anilines is 1. The first-order chi connectivity index (χ1) is 9.75. The predicted molar refractivity (Wildman–Crippen MR) is 76.4 cm³/mol. The van der Waals surface area contributed by atoms with E-state index < -0.39 is 5.97 Å². The molecule has 1 aromatic heterocycles. The lowest BCUT2D eigenvalue weighted by atomic mass is 10.1. The van der Waals surface area contributed by atoms with Crippen molar-refractivity contribution in [1.29, 1.82) is 0 Å². The second-order valence-electron chi connectivity index (χ2n) is 4.51. The first-order valence-electron chi connectivity index (χ1n) is 6.34. The van der Waals surface area contributed by atoms with Crippen molar-refractivity contribution in [2.45, 2.75) is 6.04 Å². The Kier molecular flexibility index (Phi) is 3.66. The van der Waals surface area contributed by atoms with E-state index in [0.29, 0.717) is 19.8 Å². The fourth-order valence-corrected chi connectivity index (χ4v) is 3.11. The van der Waals surface area contributed by atoms with E-state index in [4.69, 9.17) is 9.84 Å². The van der Waals surface area contributed by atoms with Crippen molar-refractivity contribution < 1.29 is 14.6 Å². The molecule has 3 rings (SSSR count). The quantitative estimate of drug-likeness (QED) is 0.940. The molecule has 104 valence electrons. The van der Waals surface area contributed by atoms with Crippen LogP contribution in [-0.4, -0.2) is 35.8 Å². The first-order valence-corrected chi connectivity index (χ1v) is 7.16. The SMILES string of the molecule is O=C(O)c1cnc(N2CCOC[C@@H]2c2ccccc2)s1. The Hall–Kier alpha value is -1.92. The summed E-state index contributed by atoms with van der Waals surface area (Å²) in [4.78, 5) is 17.6. The highest BCUT2D eigenvalue weighted by molar-refractivity contribution is 7.17. The Labute approximate surface area is 120 Å². The number of rotatable bonds is 3. The minimum absolute atomic E-state index is 0.0812. The second kappa shape index (κ2) is 5.60. The molecule has 6 heteroatoms. The van der Waals surface area contributed by atoms with Crippen LogP contribution in [-0.2, 0) is 4.74 Å². The summed E-state index contributed by atoms with van der Waals surface area (Å²) >= 11 is 1.21. The number of morpholine rings is 1. The van der Waals surface area contributed by atoms with Crippen molar-refractivity contribution in [3.63, 3.8) is 0 Å². The molecule has 0 amide bonds. The molecule has 1 aliphatic rings. The van der Waals surface area contributed by atoms with Crippen LogP contribution in [0.2, 0.25) is 0 Å². The van der Waals surface area contributed by atoms with Gasteiger partial charge in [-0.3, -0.25) is 0 Å². The molecule has 2 aromatic rings. The van der Waals surface area contributed by atoms with Gasteiger partial charge in [0.25, 0.3) is 0 Å². The molecule has 2 heterocycles. The summed E-state index contributed by atoms with van der Waals surface area (Å²) in [7, 11) is 0. The summed E-state index contributed by atoms with van der Waals surface area (Å²) in [5, 5.41) is 9.74. The second-order valence-corrected chi connectivity index (χ2v) is 5.52. The zero-order chi connectivity index (χ0) is 13.9. The third-order valence-corrected chi connectivity index (χ3v) is 4.29. The Morgan fingerprint density at radius 1 is 1.40 bits per heavy atom. The van der Waals surface area contributed by atoms with Crippen LogP contribution in [0.3, 0.4) is 0 Å². The third kappa shape index (κ3) is 2.52. The first kappa shape index (κ1) is 13.1. The number of hydrogen-bond acceptors (Lipinski definition) is 5. The van der Waals surface area contributed by atoms with Crippen molar-refractivity contribution in [1.82, 2.24) is 4.98 Å². The number of aromatic nitrogens is 1.